The van der Waals surface area contributed by atoms with Gasteiger partial charge in [-0.1, -0.05) is 11.8 Å². The van der Waals surface area contributed by atoms with Crippen LogP contribution in [0.25, 0.3) is 0 Å². The lowest BCUT2D eigenvalue weighted by atomic mass is 10.1. The fourth-order valence-corrected chi connectivity index (χ4v) is 4.36. The molecule has 9 heteroatoms. The molecule has 0 atom stereocenters. The lowest BCUT2D eigenvalue weighted by molar-refractivity contribution is -0.115. The van der Waals surface area contributed by atoms with Crippen molar-refractivity contribution in [3.05, 3.63) is 64.9 Å². The van der Waals surface area contributed by atoms with Crippen molar-refractivity contribution in [1.29, 1.82) is 0 Å². The number of benzene rings is 2. The predicted octanol–water partition coefficient (Wildman–Crippen LogP) is 4.17. The van der Waals surface area contributed by atoms with Gasteiger partial charge in [0.25, 0.3) is 0 Å². The van der Waals surface area contributed by atoms with Gasteiger partial charge in [0.05, 0.1) is 17.9 Å². The minimum atomic E-state index is -0.362. The maximum absolute atomic E-state index is 12.9. The number of ether oxygens (including phenoxy) is 2. The molecule has 0 fully saturated rings. The summed E-state index contributed by atoms with van der Waals surface area (Å²) in [7, 11) is 0. The molecule has 1 aliphatic heterocycles. The molecule has 148 valence electrons. The number of carbonyl (C=O) groups excluding carboxylic acids is 2. The van der Waals surface area contributed by atoms with Gasteiger partial charge in [0.1, 0.15) is 5.82 Å². The second kappa shape index (κ2) is 8.62. The summed E-state index contributed by atoms with van der Waals surface area (Å²) in [5.41, 5.74) is 1.69. The van der Waals surface area contributed by atoms with Crippen LogP contribution in [-0.4, -0.2) is 29.2 Å². The molecule has 4 rings (SSSR count). The quantitative estimate of drug-likeness (QED) is 0.448. The fraction of sp³-hybridized carbons (Fsp3) is 0.150. The lowest BCUT2D eigenvalue weighted by Gasteiger charge is -2.03. The molecule has 2 heterocycles. The molecule has 0 radical (unpaired) electrons. The average Bonchev–Trinajstić information content (AvgIpc) is 3.36. The first kappa shape index (κ1) is 19.4. The number of aromatic nitrogens is 1. The van der Waals surface area contributed by atoms with Gasteiger partial charge < -0.3 is 14.8 Å². The van der Waals surface area contributed by atoms with Crippen molar-refractivity contribution in [3.63, 3.8) is 0 Å². The highest BCUT2D eigenvalue weighted by Gasteiger charge is 2.17. The molecule has 0 unspecified atom stereocenters. The molecule has 6 nitrogen and oxygen atoms in total. The van der Waals surface area contributed by atoms with Gasteiger partial charge in [-0.15, -0.1) is 11.3 Å². The van der Waals surface area contributed by atoms with Crippen LogP contribution in [0.15, 0.2) is 52.2 Å². The summed E-state index contributed by atoms with van der Waals surface area (Å²) in [6.07, 6.45) is 0.102. The van der Waals surface area contributed by atoms with E-state index in [1.165, 1.54) is 47.4 Å². The number of Topliss-reactive ketones (excluding diaryl/α,β-unsaturated/α-hetero) is 1. The number of nitrogens with zero attached hydrogens (tertiary/aromatic N) is 1. The van der Waals surface area contributed by atoms with E-state index in [-0.39, 0.29) is 36.5 Å². The largest absolute Gasteiger partial charge is 0.454 e. The Kier molecular flexibility index (Phi) is 5.77. The van der Waals surface area contributed by atoms with Gasteiger partial charge in [-0.25, -0.2) is 9.37 Å². The van der Waals surface area contributed by atoms with Gasteiger partial charge in [-0.2, -0.15) is 0 Å². The number of hydrogen-bond donors (Lipinski definition) is 1. The second-order valence-electron chi connectivity index (χ2n) is 6.12. The summed E-state index contributed by atoms with van der Waals surface area (Å²) in [5, 5.41) is 4.48. The smallest absolute Gasteiger partial charge is 0.231 e. The highest BCUT2D eigenvalue weighted by atomic mass is 32.2. The maximum atomic E-state index is 12.9. The zero-order valence-corrected chi connectivity index (χ0v) is 16.6. The van der Waals surface area contributed by atoms with Gasteiger partial charge in [0.15, 0.2) is 21.6 Å². The SMILES string of the molecule is O=C(Cc1csc(SCC(=O)c2ccc3c(c2)OCO3)n1)Nc1ccc(F)cc1. The number of carbonyl (C=O) groups is 2. The zero-order chi connectivity index (χ0) is 20.2. The lowest BCUT2D eigenvalue weighted by Crippen LogP contribution is -2.14. The van der Waals surface area contributed by atoms with E-state index in [2.05, 4.69) is 10.3 Å². The summed E-state index contributed by atoms with van der Waals surface area (Å²) in [5.74, 6) is 0.796. The standard InChI is InChI=1S/C20H15FN2O4S2/c21-13-2-4-14(5-3-13)22-19(25)8-15-9-28-20(23-15)29-10-16(24)12-1-6-17-18(7-12)27-11-26-17/h1-7,9H,8,10-11H2,(H,22,25). The number of fused-ring (bicyclic) bond motifs is 1. The van der Waals surface area contributed by atoms with Crippen LogP contribution >= 0.6 is 23.1 Å². The first-order valence-electron chi connectivity index (χ1n) is 8.62. The Balaban J connectivity index is 1.29. The van der Waals surface area contributed by atoms with Crippen molar-refractivity contribution in [2.24, 2.45) is 0 Å². The molecule has 1 aliphatic rings. The number of nitrogens with one attached hydrogen (secondary N) is 1. The molecule has 0 spiro atoms. The van der Waals surface area contributed by atoms with Crippen molar-refractivity contribution < 1.29 is 23.5 Å². The van der Waals surface area contributed by atoms with Crippen molar-refractivity contribution in [3.8, 4) is 11.5 Å². The Morgan fingerprint density at radius 1 is 1.14 bits per heavy atom. The van der Waals surface area contributed by atoms with Crippen LogP contribution in [0.3, 0.4) is 0 Å². The Labute approximate surface area is 174 Å². The van der Waals surface area contributed by atoms with Crippen molar-refractivity contribution in [2.75, 3.05) is 17.9 Å². The maximum Gasteiger partial charge on any atom is 0.231 e. The summed E-state index contributed by atoms with van der Waals surface area (Å²) in [6.45, 7) is 0.165. The van der Waals surface area contributed by atoms with Crippen LogP contribution < -0.4 is 14.8 Å². The van der Waals surface area contributed by atoms with Crippen LogP contribution in [0.5, 0.6) is 11.5 Å². The summed E-state index contributed by atoms with van der Waals surface area (Å²) >= 11 is 2.70. The molecular weight excluding hydrogens is 415 g/mol. The molecule has 1 N–H and O–H groups in total. The molecular formula is C20H15FN2O4S2. The molecule has 0 bridgehead atoms. The van der Waals surface area contributed by atoms with E-state index in [0.717, 1.165) is 0 Å². The topological polar surface area (TPSA) is 77.5 Å². The van der Waals surface area contributed by atoms with E-state index in [1.54, 1.807) is 23.6 Å². The molecule has 0 saturated heterocycles. The van der Waals surface area contributed by atoms with Crippen molar-refractivity contribution in [2.45, 2.75) is 10.8 Å². The van der Waals surface area contributed by atoms with Crippen LogP contribution in [0, 0.1) is 5.82 Å². The van der Waals surface area contributed by atoms with Crippen molar-refractivity contribution in [1.82, 2.24) is 4.98 Å². The molecule has 2 aromatic carbocycles. The molecule has 0 saturated carbocycles. The number of thioether (sulfide) groups is 1. The number of thiazole rings is 1. The number of rotatable bonds is 7. The number of ketones is 1. The van der Waals surface area contributed by atoms with E-state index in [4.69, 9.17) is 9.47 Å². The minimum Gasteiger partial charge on any atom is -0.454 e. The molecule has 3 aromatic rings. The number of amides is 1. The fourth-order valence-electron chi connectivity index (χ4n) is 2.62. The molecule has 1 amide bonds. The normalized spacial score (nSPS) is 12.0. The highest BCUT2D eigenvalue weighted by Crippen LogP contribution is 2.33. The Hall–Kier alpha value is -2.91. The van der Waals surface area contributed by atoms with E-state index in [1.807, 2.05) is 0 Å². The van der Waals surface area contributed by atoms with Crippen LogP contribution in [0.1, 0.15) is 16.1 Å². The third-order valence-electron chi connectivity index (χ3n) is 4.02. The van der Waals surface area contributed by atoms with E-state index in [9.17, 15) is 14.0 Å². The van der Waals surface area contributed by atoms with Crippen LogP contribution in [-0.2, 0) is 11.2 Å². The first-order chi connectivity index (χ1) is 14.1. The second-order valence-corrected chi connectivity index (χ2v) is 8.20. The number of halogens is 1. The minimum absolute atomic E-state index is 0.0425. The summed E-state index contributed by atoms with van der Waals surface area (Å²) < 4.78 is 24.2. The first-order valence-corrected chi connectivity index (χ1v) is 10.5. The summed E-state index contributed by atoms with van der Waals surface area (Å²) in [6, 6.07) is 10.7. The van der Waals surface area contributed by atoms with E-state index >= 15 is 0 Å². The molecule has 0 aliphatic carbocycles. The Morgan fingerprint density at radius 3 is 2.76 bits per heavy atom. The Morgan fingerprint density at radius 2 is 1.93 bits per heavy atom. The Bertz CT molecular complexity index is 1050. The van der Waals surface area contributed by atoms with Gasteiger partial charge in [-0.3, -0.25) is 9.59 Å². The van der Waals surface area contributed by atoms with Crippen LogP contribution in [0.2, 0.25) is 0 Å². The van der Waals surface area contributed by atoms with Crippen molar-refractivity contribution >= 4 is 40.5 Å². The molecule has 29 heavy (non-hydrogen) atoms. The number of anilines is 1. The van der Waals surface area contributed by atoms with Gasteiger partial charge in [0.2, 0.25) is 12.7 Å². The van der Waals surface area contributed by atoms with Gasteiger partial charge in [-0.05, 0) is 42.5 Å². The van der Waals surface area contributed by atoms with E-state index in [0.29, 0.717) is 32.8 Å². The third-order valence-corrected chi connectivity index (χ3v) is 6.09. The highest BCUT2D eigenvalue weighted by molar-refractivity contribution is 8.01. The third kappa shape index (κ3) is 4.93. The van der Waals surface area contributed by atoms with Gasteiger partial charge in [0, 0.05) is 16.6 Å². The average molecular weight is 430 g/mol. The monoisotopic (exact) mass is 430 g/mol. The zero-order valence-electron chi connectivity index (χ0n) is 15.0. The van der Waals surface area contributed by atoms with Crippen LogP contribution in [0.4, 0.5) is 10.1 Å². The number of hydrogen-bond acceptors (Lipinski definition) is 7. The predicted molar refractivity (Wildman–Crippen MR) is 108 cm³/mol. The summed E-state index contributed by atoms with van der Waals surface area (Å²) in [4.78, 5) is 28.9. The van der Waals surface area contributed by atoms with Gasteiger partial charge >= 0.3 is 0 Å². The van der Waals surface area contributed by atoms with E-state index < -0.39 is 0 Å². The molecule has 1 aromatic heterocycles.